The van der Waals surface area contributed by atoms with Crippen molar-refractivity contribution in [2.45, 2.75) is 12.8 Å². The van der Waals surface area contributed by atoms with Crippen LogP contribution in [0.4, 0.5) is 0 Å². The van der Waals surface area contributed by atoms with Gasteiger partial charge in [0.05, 0.1) is 14.0 Å². The van der Waals surface area contributed by atoms with Crippen molar-refractivity contribution in [1.29, 1.82) is 0 Å². The first kappa shape index (κ1) is 3.36. The standard InChI is InChI=1S/C4H7P/c1-2-4-5-3-1/h3H,1-2,4H2/p+1. The molecule has 1 atom stereocenters. The van der Waals surface area contributed by atoms with Crippen molar-refractivity contribution in [3.63, 3.8) is 0 Å². The molecule has 1 unspecified atom stereocenters. The van der Waals surface area contributed by atoms with Crippen LogP contribution >= 0.6 is 8.20 Å². The van der Waals surface area contributed by atoms with Crippen LogP contribution in [0, 0.1) is 0 Å². The Hall–Kier alpha value is 0.170. The molecule has 0 N–H and O–H groups in total. The van der Waals surface area contributed by atoms with Gasteiger partial charge in [-0.1, -0.05) is 0 Å². The third-order valence-corrected chi connectivity index (χ3v) is 2.03. The molecule has 0 aromatic carbocycles. The van der Waals surface area contributed by atoms with E-state index < -0.39 is 0 Å². The minimum Gasteiger partial charge on any atom is -0.00545 e. The predicted octanol–water partition coefficient (Wildman–Crippen LogP) is 1.26. The summed E-state index contributed by atoms with van der Waals surface area (Å²) in [5.74, 6) is 2.39. The van der Waals surface area contributed by atoms with Gasteiger partial charge in [0.25, 0.3) is 0 Å². The normalized spacial score (nSPS) is 24.0. The fourth-order valence-electron chi connectivity index (χ4n) is 0.510. The maximum absolute atomic E-state index is 2.39. The second kappa shape index (κ2) is 1.57. The van der Waals surface area contributed by atoms with Crippen LogP contribution in [-0.4, -0.2) is 12.0 Å². The molecule has 0 aromatic rings. The van der Waals surface area contributed by atoms with Crippen molar-refractivity contribution in [2.24, 2.45) is 0 Å². The average molecular weight is 87.1 g/mol. The summed E-state index contributed by atoms with van der Waals surface area (Å²) in [6.07, 6.45) is 4.32. The van der Waals surface area contributed by atoms with Gasteiger partial charge in [0.15, 0.2) is 0 Å². The zero-order valence-corrected chi connectivity index (χ0v) is 4.20. The lowest BCUT2D eigenvalue weighted by atomic mass is 10.4. The second-order valence-electron chi connectivity index (χ2n) is 1.30. The molecular formula is C4H8P+. The van der Waals surface area contributed by atoms with Crippen LogP contribution in [0.3, 0.4) is 0 Å². The molecule has 0 radical (unpaired) electrons. The van der Waals surface area contributed by atoms with E-state index in [-0.39, 0.29) is 0 Å². The van der Waals surface area contributed by atoms with E-state index in [1.165, 1.54) is 27.2 Å². The zero-order valence-electron chi connectivity index (χ0n) is 3.20. The molecule has 1 heteroatoms. The van der Waals surface area contributed by atoms with Gasteiger partial charge in [-0.05, 0) is 6.42 Å². The lowest BCUT2D eigenvalue weighted by Gasteiger charge is -1.61. The fourth-order valence-corrected chi connectivity index (χ4v) is 1.53. The molecule has 28 valence electrons. The summed E-state index contributed by atoms with van der Waals surface area (Å²) in [6.45, 7) is 0. The monoisotopic (exact) mass is 87.0 g/mol. The zero-order chi connectivity index (χ0) is 3.54. The summed E-state index contributed by atoms with van der Waals surface area (Å²) in [7, 11) is 1.18. The molecule has 5 heavy (non-hydrogen) atoms. The molecule has 0 saturated carbocycles. The van der Waals surface area contributed by atoms with Crippen LogP contribution in [0.1, 0.15) is 12.8 Å². The molecule has 0 fully saturated rings. The molecular weight excluding hydrogens is 79.0 g/mol. The van der Waals surface area contributed by atoms with Gasteiger partial charge in [-0.3, -0.25) is 0 Å². The van der Waals surface area contributed by atoms with E-state index in [1.807, 2.05) is 0 Å². The molecule has 1 aliphatic heterocycles. The first-order valence-corrected chi connectivity index (χ1v) is 3.33. The maximum Gasteiger partial charge on any atom is 0.104 e. The fraction of sp³-hybridized carbons (Fsp3) is 0.750. The van der Waals surface area contributed by atoms with Crippen LogP contribution in [0.15, 0.2) is 0 Å². The molecule has 1 heterocycles. The number of hydrogen-bond acceptors (Lipinski definition) is 0. The van der Waals surface area contributed by atoms with Crippen molar-refractivity contribution < 1.29 is 0 Å². The first-order chi connectivity index (χ1) is 2.50. The third-order valence-electron chi connectivity index (χ3n) is 0.814. The highest BCUT2D eigenvalue weighted by Gasteiger charge is 1.95. The summed E-state index contributed by atoms with van der Waals surface area (Å²) in [6, 6.07) is 0. The Morgan fingerprint density at radius 1 is 1.60 bits per heavy atom. The van der Waals surface area contributed by atoms with E-state index in [9.17, 15) is 0 Å². The number of hydrogen-bond donors (Lipinski definition) is 0. The lowest BCUT2D eigenvalue weighted by molar-refractivity contribution is 1.05. The van der Waals surface area contributed by atoms with Gasteiger partial charge >= 0.3 is 0 Å². The quantitative estimate of drug-likeness (QED) is 0.390. The summed E-state index contributed by atoms with van der Waals surface area (Å²) < 4.78 is 0. The van der Waals surface area contributed by atoms with Gasteiger partial charge in [-0.2, -0.15) is 0 Å². The smallest absolute Gasteiger partial charge is 0.00545 e. The van der Waals surface area contributed by atoms with Crippen LogP contribution in [0.25, 0.3) is 0 Å². The minimum absolute atomic E-state index is 1.18. The van der Waals surface area contributed by atoms with E-state index >= 15 is 0 Å². The van der Waals surface area contributed by atoms with Crippen molar-refractivity contribution in [3.05, 3.63) is 0 Å². The summed E-state index contributed by atoms with van der Waals surface area (Å²) in [5.41, 5.74) is 0. The van der Waals surface area contributed by atoms with Gasteiger partial charge in [0.2, 0.25) is 0 Å². The highest BCUT2D eigenvalue weighted by Crippen LogP contribution is 2.07. The lowest BCUT2D eigenvalue weighted by Crippen LogP contribution is -1.60. The molecule has 0 nitrogen and oxygen atoms in total. The van der Waals surface area contributed by atoms with Crippen molar-refractivity contribution in [3.8, 4) is 0 Å². The minimum atomic E-state index is 1.18. The largest absolute Gasteiger partial charge is 0.104 e. The van der Waals surface area contributed by atoms with Gasteiger partial charge in [0.1, 0.15) is 6.16 Å². The Morgan fingerprint density at radius 3 is 2.80 bits per heavy atom. The van der Waals surface area contributed by atoms with Crippen molar-refractivity contribution in [2.75, 3.05) is 6.16 Å². The topological polar surface area (TPSA) is 0 Å². The Labute approximate surface area is 34.0 Å². The van der Waals surface area contributed by atoms with Crippen molar-refractivity contribution in [1.82, 2.24) is 0 Å². The first-order valence-electron chi connectivity index (χ1n) is 2.05. The molecule has 0 bridgehead atoms. The highest BCUT2D eigenvalue weighted by molar-refractivity contribution is 7.38. The third kappa shape index (κ3) is 0.735. The number of rotatable bonds is 0. The van der Waals surface area contributed by atoms with Crippen LogP contribution in [0.5, 0.6) is 0 Å². The second-order valence-corrected chi connectivity index (χ2v) is 2.62. The molecule has 0 saturated heterocycles. The van der Waals surface area contributed by atoms with E-state index in [4.69, 9.17) is 0 Å². The molecule has 1 aliphatic rings. The molecule has 0 spiro atoms. The van der Waals surface area contributed by atoms with Gasteiger partial charge < -0.3 is 0 Å². The average Bonchev–Trinajstić information content (AvgIpc) is 1.76. The summed E-state index contributed by atoms with van der Waals surface area (Å²) in [5, 5.41) is 0. The molecule has 0 aromatic heterocycles. The van der Waals surface area contributed by atoms with E-state index in [2.05, 4.69) is 5.80 Å². The van der Waals surface area contributed by atoms with Crippen LogP contribution in [-0.2, 0) is 0 Å². The Morgan fingerprint density at radius 2 is 2.60 bits per heavy atom. The molecule has 0 amide bonds. The summed E-state index contributed by atoms with van der Waals surface area (Å²) in [4.78, 5) is 0. The van der Waals surface area contributed by atoms with Crippen molar-refractivity contribution >= 4 is 14.0 Å². The van der Waals surface area contributed by atoms with Crippen LogP contribution in [0.2, 0.25) is 0 Å². The Balaban J connectivity index is 2.32. The SMILES string of the molecule is C1=[PH+]CCC1. The van der Waals surface area contributed by atoms with E-state index in [1.54, 1.807) is 0 Å². The van der Waals surface area contributed by atoms with E-state index in [0.717, 1.165) is 0 Å². The highest BCUT2D eigenvalue weighted by atomic mass is 31.1. The Bertz CT molecular complexity index is 41.6. The maximum atomic E-state index is 2.39. The predicted molar refractivity (Wildman–Crippen MR) is 28.5 cm³/mol. The molecule has 0 aliphatic carbocycles. The molecule has 1 rings (SSSR count). The van der Waals surface area contributed by atoms with Crippen LogP contribution < -0.4 is 0 Å². The van der Waals surface area contributed by atoms with Gasteiger partial charge in [0, 0.05) is 6.42 Å². The summed E-state index contributed by atoms with van der Waals surface area (Å²) >= 11 is 0. The van der Waals surface area contributed by atoms with Gasteiger partial charge in [-0.25, -0.2) is 0 Å². The van der Waals surface area contributed by atoms with Gasteiger partial charge in [-0.15, -0.1) is 0 Å². The van der Waals surface area contributed by atoms with E-state index in [0.29, 0.717) is 0 Å². The Kier molecular flexibility index (Phi) is 1.05.